The first-order valence-electron chi connectivity index (χ1n) is 6.84. The van der Waals surface area contributed by atoms with Crippen LogP contribution in [0.4, 0.5) is 0 Å². The summed E-state index contributed by atoms with van der Waals surface area (Å²) in [4.78, 5) is 0. The molecule has 2 aromatic carbocycles. The van der Waals surface area contributed by atoms with E-state index in [-0.39, 0.29) is 0 Å². The van der Waals surface area contributed by atoms with E-state index in [1.165, 1.54) is 0 Å². The molecule has 3 rings (SSSR count). The lowest BCUT2D eigenvalue weighted by molar-refractivity contribution is 0.115. The van der Waals surface area contributed by atoms with Crippen molar-refractivity contribution in [1.82, 2.24) is 0 Å². The third-order valence-corrected chi connectivity index (χ3v) is 4.33. The minimum atomic E-state index is -0.873. The van der Waals surface area contributed by atoms with Crippen molar-refractivity contribution in [1.29, 1.82) is 5.26 Å². The quantitative estimate of drug-likeness (QED) is 0.735. The van der Waals surface area contributed by atoms with Crippen LogP contribution in [0.25, 0.3) is 0 Å². The van der Waals surface area contributed by atoms with Crippen LogP contribution in [0.15, 0.2) is 60.4 Å². The van der Waals surface area contributed by atoms with E-state index in [1.54, 1.807) is 24.3 Å². The van der Waals surface area contributed by atoms with Crippen molar-refractivity contribution >= 4 is 23.2 Å². The monoisotopic (exact) mass is 329 g/mol. The lowest BCUT2D eigenvalue weighted by atomic mass is 9.75. The molecule has 2 atom stereocenters. The van der Waals surface area contributed by atoms with Gasteiger partial charge in [0.25, 0.3) is 0 Å². The summed E-state index contributed by atoms with van der Waals surface area (Å²) < 4.78 is 5.94. The highest BCUT2D eigenvalue weighted by Gasteiger charge is 2.46. The molecule has 0 amide bonds. The molecule has 1 heterocycles. The highest BCUT2D eigenvalue weighted by Crippen LogP contribution is 2.47. The zero-order valence-electron chi connectivity index (χ0n) is 11.9. The van der Waals surface area contributed by atoms with Gasteiger partial charge in [0.15, 0.2) is 0 Å². The van der Waals surface area contributed by atoms with Crippen LogP contribution >= 0.6 is 23.2 Å². The summed E-state index contributed by atoms with van der Waals surface area (Å²) in [5.41, 5.74) is 0.896. The van der Waals surface area contributed by atoms with Crippen molar-refractivity contribution in [2.24, 2.45) is 0 Å². The Labute approximate surface area is 139 Å². The lowest BCUT2D eigenvalue weighted by Crippen LogP contribution is -2.27. The van der Waals surface area contributed by atoms with Gasteiger partial charge < -0.3 is 4.74 Å². The van der Waals surface area contributed by atoms with E-state index in [0.717, 1.165) is 16.9 Å². The van der Waals surface area contributed by atoms with Gasteiger partial charge in [0.2, 0.25) is 0 Å². The predicted octanol–water partition coefficient (Wildman–Crippen LogP) is 5.43. The number of allylic oxidation sites excluding steroid dienone is 1. The number of ether oxygens (including phenoxy) is 1. The zero-order valence-corrected chi connectivity index (χ0v) is 13.4. The molecule has 0 spiro atoms. The van der Waals surface area contributed by atoms with E-state index in [9.17, 15) is 5.26 Å². The molecular weight excluding hydrogens is 317 g/mol. The summed E-state index contributed by atoms with van der Waals surface area (Å²) in [6.07, 6.45) is 1.46. The van der Waals surface area contributed by atoms with Crippen LogP contribution in [-0.2, 0) is 10.2 Å². The molecule has 1 aliphatic rings. The molecule has 0 bridgehead atoms. The number of hydrogen-bond acceptors (Lipinski definition) is 2. The fourth-order valence-electron chi connectivity index (χ4n) is 2.79. The number of halogens is 2. The zero-order chi connectivity index (χ0) is 15.7. The molecule has 22 heavy (non-hydrogen) atoms. The number of benzene rings is 2. The van der Waals surface area contributed by atoms with Crippen molar-refractivity contribution in [2.75, 3.05) is 0 Å². The van der Waals surface area contributed by atoms with Crippen LogP contribution in [0.3, 0.4) is 0 Å². The molecule has 0 fully saturated rings. The van der Waals surface area contributed by atoms with Crippen molar-refractivity contribution in [3.63, 3.8) is 0 Å². The molecule has 0 saturated carbocycles. The van der Waals surface area contributed by atoms with Crippen molar-refractivity contribution in [2.45, 2.75) is 18.4 Å². The second kappa shape index (κ2) is 5.68. The second-order valence-electron chi connectivity index (χ2n) is 5.29. The maximum absolute atomic E-state index is 9.91. The smallest absolute Gasteiger partial charge is 0.150 e. The van der Waals surface area contributed by atoms with Gasteiger partial charge in [0.1, 0.15) is 11.5 Å². The van der Waals surface area contributed by atoms with E-state index >= 15 is 0 Å². The van der Waals surface area contributed by atoms with E-state index in [4.69, 9.17) is 27.9 Å². The maximum atomic E-state index is 9.91. The standard InChI is InChI=1S/C18H13Cl2NO/c1-12-10-18(11-21,14-4-8-16(20)9-5-14)17(22-12)13-2-6-15(19)7-3-13/h2-10,17H,1H3/t17-,18+/m1/s1. The third-order valence-electron chi connectivity index (χ3n) is 3.83. The molecule has 2 aromatic rings. The highest BCUT2D eigenvalue weighted by molar-refractivity contribution is 6.30. The van der Waals surface area contributed by atoms with Gasteiger partial charge in [0.05, 0.1) is 11.8 Å². The van der Waals surface area contributed by atoms with Crippen molar-refractivity contribution in [3.8, 4) is 6.07 Å². The Kier molecular flexibility index (Phi) is 3.87. The Morgan fingerprint density at radius 1 is 1.00 bits per heavy atom. The molecule has 0 aliphatic carbocycles. The van der Waals surface area contributed by atoms with Crippen LogP contribution in [0.1, 0.15) is 24.2 Å². The van der Waals surface area contributed by atoms with Gasteiger partial charge >= 0.3 is 0 Å². The van der Waals surface area contributed by atoms with Gasteiger partial charge in [-0.25, -0.2) is 0 Å². The molecule has 110 valence electrons. The van der Waals surface area contributed by atoms with Crippen LogP contribution in [0.5, 0.6) is 0 Å². The van der Waals surface area contributed by atoms with Gasteiger partial charge in [-0.05, 0) is 48.4 Å². The topological polar surface area (TPSA) is 33.0 Å². The number of nitrogens with zero attached hydrogens (tertiary/aromatic N) is 1. The number of rotatable bonds is 2. The van der Waals surface area contributed by atoms with Gasteiger partial charge in [-0.2, -0.15) is 5.26 Å². The molecule has 0 saturated heterocycles. The summed E-state index contributed by atoms with van der Waals surface area (Å²) in [6, 6.07) is 17.1. The number of hydrogen-bond donors (Lipinski definition) is 0. The Balaban J connectivity index is 2.12. The van der Waals surface area contributed by atoms with Crippen LogP contribution in [-0.4, -0.2) is 0 Å². The van der Waals surface area contributed by atoms with Crippen LogP contribution in [0.2, 0.25) is 10.0 Å². The number of nitriles is 1. The van der Waals surface area contributed by atoms with Gasteiger partial charge in [0, 0.05) is 10.0 Å². The lowest BCUT2D eigenvalue weighted by Gasteiger charge is -2.27. The van der Waals surface area contributed by atoms with Crippen molar-refractivity contribution < 1.29 is 4.74 Å². The predicted molar refractivity (Wildman–Crippen MR) is 87.8 cm³/mol. The molecule has 1 aliphatic heterocycles. The average molecular weight is 330 g/mol. The minimum Gasteiger partial charge on any atom is -0.488 e. The Bertz CT molecular complexity index is 759. The molecular formula is C18H13Cl2NO. The molecule has 0 N–H and O–H groups in total. The largest absolute Gasteiger partial charge is 0.488 e. The normalized spacial score (nSPS) is 23.5. The first-order chi connectivity index (χ1) is 10.5. The van der Waals surface area contributed by atoms with E-state index in [0.29, 0.717) is 10.0 Å². The van der Waals surface area contributed by atoms with Crippen molar-refractivity contribution in [3.05, 3.63) is 81.5 Å². The fourth-order valence-corrected chi connectivity index (χ4v) is 3.05. The molecule has 0 radical (unpaired) electrons. The Morgan fingerprint density at radius 3 is 2.09 bits per heavy atom. The van der Waals surface area contributed by atoms with Gasteiger partial charge in [-0.3, -0.25) is 0 Å². The summed E-state index contributed by atoms with van der Waals surface area (Å²) in [5, 5.41) is 11.2. The van der Waals surface area contributed by atoms with Gasteiger partial charge in [-0.1, -0.05) is 47.5 Å². The Hall–Kier alpha value is -1.95. The minimum absolute atomic E-state index is 0.407. The summed E-state index contributed by atoms with van der Waals surface area (Å²) in [6.45, 7) is 1.86. The Morgan fingerprint density at radius 2 is 1.55 bits per heavy atom. The maximum Gasteiger partial charge on any atom is 0.150 e. The molecule has 4 heteroatoms. The highest BCUT2D eigenvalue weighted by atomic mass is 35.5. The summed E-state index contributed by atoms with van der Waals surface area (Å²) in [5.74, 6) is 0.733. The van der Waals surface area contributed by atoms with E-state index in [2.05, 4.69) is 6.07 Å². The first-order valence-corrected chi connectivity index (χ1v) is 7.59. The van der Waals surface area contributed by atoms with Crippen LogP contribution in [0, 0.1) is 11.3 Å². The van der Waals surface area contributed by atoms with Gasteiger partial charge in [-0.15, -0.1) is 0 Å². The molecule has 0 unspecified atom stereocenters. The summed E-state index contributed by atoms with van der Waals surface area (Å²) in [7, 11) is 0. The van der Waals surface area contributed by atoms with E-state index < -0.39 is 11.5 Å². The fraction of sp³-hybridized carbons (Fsp3) is 0.167. The second-order valence-corrected chi connectivity index (χ2v) is 6.17. The third kappa shape index (κ3) is 2.47. The molecule has 2 nitrogen and oxygen atoms in total. The molecule has 0 aromatic heterocycles. The summed E-state index contributed by atoms with van der Waals surface area (Å²) >= 11 is 11.9. The first kappa shape index (κ1) is 15.0. The van der Waals surface area contributed by atoms with Crippen LogP contribution < -0.4 is 0 Å². The van der Waals surface area contributed by atoms with E-state index in [1.807, 2.05) is 37.3 Å². The average Bonchev–Trinajstić information content (AvgIpc) is 2.86. The SMILES string of the molecule is CC1=C[C@](C#N)(c2ccc(Cl)cc2)[C@@H](c2ccc(Cl)cc2)O1.